The number of hydrogen-bond acceptors (Lipinski definition) is 3. The van der Waals surface area contributed by atoms with Crippen molar-refractivity contribution in [1.29, 1.82) is 0 Å². The molecule has 0 unspecified atom stereocenters. The lowest BCUT2D eigenvalue weighted by Gasteiger charge is -2.22. The number of benzene rings is 2. The summed E-state index contributed by atoms with van der Waals surface area (Å²) in [4.78, 5) is 0. The number of aryl methyl sites for hydroxylation is 2. The Morgan fingerprint density at radius 2 is 1.19 bits per heavy atom. The van der Waals surface area contributed by atoms with Crippen molar-refractivity contribution in [3.8, 4) is 11.5 Å². The molecule has 0 amide bonds. The van der Waals surface area contributed by atoms with Gasteiger partial charge in [0.1, 0.15) is 11.5 Å². The summed E-state index contributed by atoms with van der Waals surface area (Å²) in [6.45, 7) is 4.37. The topological polar surface area (TPSA) is 18.5 Å². The number of rotatable bonds is 10. The smallest absolute Gasteiger partial charge is 0.345 e. The van der Waals surface area contributed by atoms with Crippen molar-refractivity contribution in [2.24, 2.45) is 0 Å². The average molecular weight is 429 g/mol. The molecule has 2 aromatic carbocycles. The van der Waals surface area contributed by atoms with Gasteiger partial charge < -0.3 is 9.05 Å². The Labute approximate surface area is 175 Å². The van der Waals surface area contributed by atoms with Crippen molar-refractivity contribution in [3.05, 3.63) is 59.7 Å². The minimum absolute atomic E-state index is 0. The lowest BCUT2D eigenvalue weighted by molar-refractivity contribution is 0.498. The first-order valence-corrected chi connectivity index (χ1v) is 12.7. The molecular weight excluding hydrogens is 399 g/mol. The molecule has 0 aliphatic heterocycles. The van der Waals surface area contributed by atoms with Gasteiger partial charge in [-0.1, -0.05) is 75.3 Å². The lowest BCUT2D eigenvalue weighted by Crippen LogP contribution is -2.00. The molecule has 2 nitrogen and oxygen atoms in total. The molecule has 0 atom stereocenters. The van der Waals surface area contributed by atoms with Crippen LogP contribution in [0.3, 0.4) is 0 Å². The maximum atomic E-state index is 6.06. The van der Waals surface area contributed by atoms with E-state index in [-0.39, 0.29) is 13.5 Å². The van der Waals surface area contributed by atoms with E-state index in [4.69, 9.17) is 20.9 Å². The SMILES string of the molecule is CCCCc1ccccc1OP(=S)(S)Oc1ccccc1CCCC.S. The van der Waals surface area contributed by atoms with Gasteiger partial charge in [-0.3, -0.25) is 0 Å². The van der Waals surface area contributed by atoms with Gasteiger partial charge in [0.25, 0.3) is 0 Å². The normalized spacial score (nSPS) is 10.9. The Balaban J connectivity index is 0.00000338. The van der Waals surface area contributed by atoms with Crippen molar-refractivity contribution < 1.29 is 9.05 Å². The number of para-hydroxylation sites is 2. The zero-order valence-corrected chi connectivity index (χ0v) is 19.1. The molecule has 0 heterocycles. The molecule has 0 spiro atoms. The molecule has 0 bridgehead atoms. The molecule has 0 radical (unpaired) electrons. The fraction of sp³-hybridized carbons (Fsp3) is 0.400. The van der Waals surface area contributed by atoms with Crippen LogP contribution in [0.1, 0.15) is 50.7 Å². The predicted octanol–water partition coefficient (Wildman–Crippen LogP) is 7.10. The number of thiol groups is 1. The van der Waals surface area contributed by atoms with E-state index in [0.717, 1.165) is 61.2 Å². The highest BCUT2D eigenvalue weighted by atomic mass is 32.9. The van der Waals surface area contributed by atoms with Crippen molar-refractivity contribution in [1.82, 2.24) is 0 Å². The van der Waals surface area contributed by atoms with E-state index in [2.05, 4.69) is 38.2 Å². The molecule has 26 heavy (non-hydrogen) atoms. The van der Waals surface area contributed by atoms with E-state index in [9.17, 15) is 0 Å². The lowest BCUT2D eigenvalue weighted by atomic mass is 10.1. The standard InChI is InChI=1S/C20H27O2PS2.H2S/c1-3-5-11-17-13-7-9-15-19(17)21-23(24,25)22-20-16-10-8-14-18(20)12-6-4-2;/h7-10,13-16H,3-6,11-12H2,1-2H3,(H,24,25);1H2. The van der Waals surface area contributed by atoms with Crippen LogP contribution >= 0.6 is 31.4 Å². The Hall–Kier alpha value is -0.610. The van der Waals surface area contributed by atoms with Crippen LogP contribution in [0.15, 0.2) is 48.5 Å². The summed E-state index contributed by atoms with van der Waals surface area (Å²) >= 11 is 10.2. The zero-order chi connectivity index (χ0) is 18.1. The van der Waals surface area contributed by atoms with Crippen LogP contribution in [0.2, 0.25) is 0 Å². The van der Waals surface area contributed by atoms with Crippen LogP contribution < -0.4 is 9.05 Å². The second-order valence-electron chi connectivity index (χ2n) is 6.07. The number of unbranched alkanes of at least 4 members (excludes halogenated alkanes) is 2. The van der Waals surface area contributed by atoms with Crippen molar-refractivity contribution in [2.45, 2.75) is 52.4 Å². The van der Waals surface area contributed by atoms with Crippen LogP contribution in [0, 0.1) is 0 Å². The predicted molar refractivity (Wildman–Crippen MR) is 125 cm³/mol. The highest BCUT2D eigenvalue weighted by Gasteiger charge is 2.20. The van der Waals surface area contributed by atoms with Crippen molar-refractivity contribution >= 4 is 43.2 Å². The molecular formula is C20H29O2PS3. The Kier molecular flexibility index (Phi) is 10.8. The van der Waals surface area contributed by atoms with Crippen molar-refractivity contribution in [3.63, 3.8) is 0 Å². The maximum absolute atomic E-state index is 6.06. The average Bonchev–Trinajstić information content (AvgIpc) is 2.59. The molecule has 0 saturated carbocycles. The summed E-state index contributed by atoms with van der Waals surface area (Å²) in [6.07, 6.45) is 6.48. The summed E-state index contributed by atoms with van der Waals surface area (Å²) in [5, 5.41) is 0. The third-order valence-corrected chi connectivity index (χ3v) is 5.76. The third kappa shape index (κ3) is 7.56. The first-order valence-electron chi connectivity index (χ1n) is 8.93. The van der Waals surface area contributed by atoms with Gasteiger partial charge in [-0.25, -0.2) is 0 Å². The van der Waals surface area contributed by atoms with Gasteiger partial charge in [0, 0.05) is 0 Å². The fourth-order valence-electron chi connectivity index (χ4n) is 2.60. The minimum Gasteiger partial charge on any atom is -0.428 e. The Bertz CT molecular complexity index is 664. The molecule has 0 N–H and O–H groups in total. The molecule has 0 saturated heterocycles. The van der Waals surface area contributed by atoms with Gasteiger partial charge in [0.15, 0.2) is 0 Å². The Morgan fingerprint density at radius 1 is 0.808 bits per heavy atom. The van der Waals surface area contributed by atoms with Gasteiger partial charge >= 0.3 is 5.69 Å². The molecule has 0 aromatic heterocycles. The molecule has 6 heteroatoms. The summed E-state index contributed by atoms with van der Waals surface area (Å²) in [5.74, 6) is 1.58. The van der Waals surface area contributed by atoms with Crippen LogP contribution in [0.4, 0.5) is 0 Å². The molecule has 144 valence electrons. The van der Waals surface area contributed by atoms with E-state index in [1.165, 1.54) is 0 Å². The van der Waals surface area contributed by atoms with Crippen LogP contribution in [-0.4, -0.2) is 0 Å². The summed E-state index contributed by atoms with van der Waals surface area (Å²) < 4.78 is 12.1. The van der Waals surface area contributed by atoms with Crippen LogP contribution in [0.25, 0.3) is 0 Å². The summed E-state index contributed by atoms with van der Waals surface area (Å²) in [7, 11) is 0. The van der Waals surface area contributed by atoms with Gasteiger partial charge in [0.2, 0.25) is 0 Å². The second kappa shape index (κ2) is 12.0. The molecule has 2 rings (SSSR count). The molecule has 0 aliphatic carbocycles. The Morgan fingerprint density at radius 3 is 1.58 bits per heavy atom. The van der Waals surface area contributed by atoms with E-state index in [1.54, 1.807) is 0 Å². The fourth-order valence-corrected chi connectivity index (χ4v) is 4.50. The zero-order valence-electron chi connectivity index (χ0n) is 15.5. The number of hydrogen-bond donors (Lipinski definition) is 1. The van der Waals surface area contributed by atoms with Crippen LogP contribution in [0.5, 0.6) is 11.5 Å². The first kappa shape index (κ1) is 23.4. The van der Waals surface area contributed by atoms with Gasteiger partial charge in [0.05, 0.1) is 0 Å². The third-order valence-electron chi connectivity index (χ3n) is 3.97. The maximum Gasteiger partial charge on any atom is 0.345 e. The highest BCUT2D eigenvalue weighted by molar-refractivity contribution is 8.60. The summed E-state index contributed by atoms with van der Waals surface area (Å²) in [6, 6.07) is 16.1. The molecule has 0 aliphatic rings. The van der Waals surface area contributed by atoms with E-state index >= 15 is 0 Å². The summed E-state index contributed by atoms with van der Waals surface area (Å²) in [5.41, 5.74) is -0.402. The van der Waals surface area contributed by atoms with E-state index < -0.39 is 5.69 Å². The molecule has 2 aromatic rings. The van der Waals surface area contributed by atoms with Crippen molar-refractivity contribution in [2.75, 3.05) is 0 Å². The monoisotopic (exact) mass is 428 g/mol. The minimum atomic E-state index is -2.73. The second-order valence-corrected chi connectivity index (χ2v) is 11.2. The molecule has 0 fully saturated rings. The quantitative estimate of drug-likeness (QED) is 0.322. The van der Waals surface area contributed by atoms with E-state index in [1.807, 2.05) is 36.4 Å². The van der Waals surface area contributed by atoms with Gasteiger partial charge in [-0.2, -0.15) is 13.5 Å². The first-order chi connectivity index (χ1) is 12.1. The van der Waals surface area contributed by atoms with Gasteiger partial charge in [-0.15, -0.1) is 0 Å². The van der Waals surface area contributed by atoms with E-state index in [0.29, 0.717) is 0 Å². The van der Waals surface area contributed by atoms with Crippen LogP contribution in [-0.2, 0) is 24.6 Å². The van der Waals surface area contributed by atoms with Gasteiger partial charge in [-0.05, 0) is 60.7 Å². The largest absolute Gasteiger partial charge is 0.428 e. The highest BCUT2D eigenvalue weighted by Crippen LogP contribution is 2.54.